The van der Waals surface area contributed by atoms with E-state index in [2.05, 4.69) is 5.10 Å². The second-order valence-corrected chi connectivity index (χ2v) is 6.22. The third kappa shape index (κ3) is 3.89. The van der Waals surface area contributed by atoms with Gasteiger partial charge in [-0.15, -0.1) is 0 Å². The van der Waals surface area contributed by atoms with Gasteiger partial charge in [-0.05, 0) is 25.6 Å². The number of rotatable bonds is 4. The number of sulfonamides is 1. The molecule has 2 N–H and O–H groups in total. The van der Waals surface area contributed by atoms with E-state index >= 15 is 0 Å². The smallest absolute Gasteiger partial charge is 0.267 e. The molecule has 0 aliphatic carbocycles. The van der Waals surface area contributed by atoms with Crippen LogP contribution in [0.4, 0.5) is 13.2 Å². The average Bonchev–Trinajstić information content (AvgIpc) is 2.38. The van der Waals surface area contributed by atoms with Gasteiger partial charge in [-0.25, -0.2) is 13.6 Å². The number of hydrogen-bond acceptors (Lipinski definition) is 4. The molecule has 0 saturated heterocycles. The van der Waals surface area contributed by atoms with Crippen LogP contribution < -0.4 is 5.14 Å². The summed E-state index contributed by atoms with van der Waals surface area (Å²) in [6.45, 7) is 2.87. The van der Waals surface area contributed by atoms with Gasteiger partial charge in [0.25, 0.3) is 0 Å². The van der Waals surface area contributed by atoms with Crippen molar-refractivity contribution in [2.75, 3.05) is 5.75 Å². The molecular formula is C8H12F3N3O2S2. The Morgan fingerprint density at radius 2 is 1.94 bits per heavy atom. The lowest BCUT2D eigenvalue weighted by Crippen LogP contribution is -2.15. The van der Waals surface area contributed by atoms with E-state index < -0.39 is 15.5 Å². The van der Waals surface area contributed by atoms with E-state index in [1.807, 2.05) is 0 Å². The Hall–Kier alpha value is -0.740. The van der Waals surface area contributed by atoms with Crippen molar-refractivity contribution < 1.29 is 21.6 Å². The van der Waals surface area contributed by atoms with Crippen LogP contribution in [0.25, 0.3) is 0 Å². The maximum absolute atomic E-state index is 12.0. The molecule has 1 rings (SSSR count). The van der Waals surface area contributed by atoms with E-state index in [0.717, 1.165) is 0 Å². The van der Waals surface area contributed by atoms with E-state index in [9.17, 15) is 21.6 Å². The summed E-state index contributed by atoms with van der Waals surface area (Å²) in [4.78, 5) is -0.125. The van der Waals surface area contributed by atoms with Crippen LogP contribution >= 0.6 is 11.8 Å². The van der Waals surface area contributed by atoms with Crippen molar-refractivity contribution in [1.82, 2.24) is 9.78 Å². The predicted octanol–water partition coefficient (Wildman–Crippen LogP) is 1.40. The fourth-order valence-corrected chi connectivity index (χ4v) is 3.02. The number of alkyl halides is 3. The Morgan fingerprint density at radius 3 is 2.33 bits per heavy atom. The van der Waals surface area contributed by atoms with E-state index in [0.29, 0.717) is 0 Å². The van der Waals surface area contributed by atoms with Crippen LogP contribution in [-0.4, -0.2) is 29.5 Å². The summed E-state index contributed by atoms with van der Waals surface area (Å²) in [5.41, 5.74) is -3.87. The van der Waals surface area contributed by atoms with Gasteiger partial charge < -0.3 is 0 Å². The van der Waals surface area contributed by atoms with Crippen LogP contribution in [0.2, 0.25) is 0 Å². The summed E-state index contributed by atoms with van der Waals surface area (Å²) in [7, 11) is -3.91. The Morgan fingerprint density at radius 1 is 1.39 bits per heavy atom. The van der Waals surface area contributed by atoms with Gasteiger partial charge in [0, 0.05) is 5.75 Å². The molecule has 18 heavy (non-hydrogen) atoms. The Bertz CT molecular complexity index is 537. The molecule has 0 unspecified atom stereocenters. The number of nitrogens with zero attached hydrogens (tertiary/aromatic N) is 2. The van der Waals surface area contributed by atoms with Gasteiger partial charge in [0.1, 0.15) is 4.90 Å². The first kappa shape index (κ1) is 15.3. The molecule has 10 heteroatoms. The first-order chi connectivity index (χ1) is 8.02. The lowest BCUT2D eigenvalue weighted by molar-refractivity contribution is -0.0328. The second-order valence-electron chi connectivity index (χ2n) is 3.56. The quantitative estimate of drug-likeness (QED) is 0.912. The van der Waals surface area contributed by atoms with Crippen LogP contribution in [-0.2, 0) is 16.6 Å². The first-order valence-corrected chi connectivity index (χ1v) is 7.33. The van der Waals surface area contributed by atoms with E-state index in [-0.39, 0.29) is 40.3 Å². The summed E-state index contributed by atoms with van der Waals surface area (Å²) in [5, 5.41) is 8.88. The van der Waals surface area contributed by atoms with Gasteiger partial charge >= 0.3 is 5.51 Å². The number of thioether (sulfide) groups is 1. The molecule has 0 amide bonds. The summed E-state index contributed by atoms with van der Waals surface area (Å²) in [5.74, 6) is -0.241. The molecule has 0 aliphatic heterocycles. The fraction of sp³-hybridized carbons (Fsp3) is 0.625. The maximum atomic E-state index is 12.0. The van der Waals surface area contributed by atoms with Gasteiger partial charge in [0.15, 0.2) is 0 Å². The molecule has 0 atom stereocenters. The van der Waals surface area contributed by atoms with Crippen molar-refractivity contribution in [2.45, 2.75) is 30.8 Å². The highest BCUT2D eigenvalue weighted by Gasteiger charge is 2.28. The summed E-state index contributed by atoms with van der Waals surface area (Å²) >= 11 is -0.182. The highest BCUT2D eigenvalue weighted by Crippen LogP contribution is 2.30. The Balaban J connectivity index is 2.88. The molecule has 0 spiro atoms. The third-order valence-corrected chi connectivity index (χ3v) is 4.04. The molecule has 0 aromatic carbocycles. The number of primary sulfonamides is 1. The van der Waals surface area contributed by atoms with Crippen LogP contribution in [0.3, 0.4) is 0 Å². The number of hydrogen-bond donors (Lipinski definition) is 1. The predicted molar refractivity (Wildman–Crippen MR) is 61.6 cm³/mol. The normalized spacial score (nSPS) is 13.0. The molecule has 0 fully saturated rings. The standard InChI is InChI=1S/C8H12F3N3O2S2/c1-5-7(18(12,15)16)6(2)14(13-5)3-4-17-8(9,10)11/h3-4H2,1-2H3,(H2,12,15,16). The van der Waals surface area contributed by atoms with E-state index in [1.54, 1.807) is 0 Å². The van der Waals surface area contributed by atoms with Crippen molar-refractivity contribution in [2.24, 2.45) is 5.14 Å². The van der Waals surface area contributed by atoms with E-state index in [1.165, 1.54) is 18.5 Å². The van der Waals surface area contributed by atoms with Crippen molar-refractivity contribution in [3.05, 3.63) is 11.4 Å². The molecule has 1 heterocycles. The van der Waals surface area contributed by atoms with Gasteiger partial charge in [-0.3, -0.25) is 4.68 Å². The number of aromatic nitrogens is 2. The molecule has 104 valence electrons. The first-order valence-electron chi connectivity index (χ1n) is 4.80. The minimum absolute atomic E-state index is 0.0353. The summed E-state index contributed by atoms with van der Waals surface area (Å²) in [6, 6.07) is 0. The number of nitrogens with two attached hydrogens (primary N) is 1. The van der Waals surface area contributed by atoms with Crippen molar-refractivity contribution in [3.63, 3.8) is 0 Å². The van der Waals surface area contributed by atoms with Gasteiger partial charge in [-0.1, -0.05) is 0 Å². The SMILES string of the molecule is Cc1nn(CCSC(F)(F)F)c(C)c1S(N)(=O)=O. The lowest BCUT2D eigenvalue weighted by Gasteiger charge is -2.07. The Labute approximate surface area is 107 Å². The Kier molecular flexibility index (Phi) is 4.34. The number of aryl methyl sites for hydroxylation is 2. The van der Waals surface area contributed by atoms with Crippen molar-refractivity contribution in [3.8, 4) is 0 Å². The number of halogens is 3. The largest absolute Gasteiger partial charge is 0.441 e. The molecule has 0 radical (unpaired) electrons. The zero-order chi connectivity index (χ0) is 14.1. The molecular weight excluding hydrogens is 291 g/mol. The molecule has 0 saturated carbocycles. The van der Waals surface area contributed by atoms with Crippen molar-refractivity contribution in [1.29, 1.82) is 0 Å². The van der Waals surface area contributed by atoms with Gasteiger partial charge in [0.05, 0.1) is 17.9 Å². The topological polar surface area (TPSA) is 78.0 Å². The third-order valence-electron chi connectivity index (χ3n) is 2.17. The summed E-state index contributed by atoms with van der Waals surface area (Å²) < 4.78 is 59.6. The highest BCUT2D eigenvalue weighted by atomic mass is 32.2. The second kappa shape index (κ2) is 5.10. The molecule has 5 nitrogen and oxygen atoms in total. The van der Waals surface area contributed by atoms with Crippen LogP contribution in [0, 0.1) is 13.8 Å². The molecule has 0 aliphatic rings. The van der Waals surface area contributed by atoms with E-state index in [4.69, 9.17) is 5.14 Å². The average molecular weight is 303 g/mol. The van der Waals surface area contributed by atoms with Crippen LogP contribution in [0.5, 0.6) is 0 Å². The van der Waals surface area contributed by atoms with Crippen LogP contribution in [0.15, 0.2) is 4.90 Å². The maximum Gasteiger partial charge on any atom is 0.441 e. The molecule has 0 bridgehead atoms. The van der Waals surface area contributed by atoms with Gasteiger partial charge in [0.2, 0.25) is 10.0 Å². The van der Waals surface area contributed by atoms with Crippen molar-refractivity contribution >= 4 is 21.8 Å². The van der Waals surface area contributed by atoms with Crippen LogP contribution in [0.1, 0.15) is 11.4 Å². The lowest BCUT2D eigenvalue weighted by atomic mass is 10.4. The minimum atomic E-state index is -4.31. The minimum Gasteiger partial charge on any atom is -0.267 e. The zero-order valence-corrected chi connectivity index (χ0v) is 11.3. The van der Waals surface area contributed by atoms with Gasteiger partial charge in [-0.2, -0.15) is 18.3 Å². The fourth-order valence-electron chi connectivity index (χ4n) is 1.56. The molecule has 1 aromatic heterocycles. The highest BCUT2D eigenvalue weighted by molar-refractivity contribution is 8.00. The summed E-state index contributed by atoms with van der Waals surface area (Å²) in [6.07, 6.45) is 0. The zero-order valence-electron chi connectivity index (χ0n) is 9.65. The monoisotopic (exact) mass is 303 g/mol. The molecule has 1 aromatic rings.